The number of rotatable bonds is 6. The van der Waals surface area contributed by atoms with Gasteiger partial charge in [0.15, 0.2) is 0 Å². The van der Waals surface area contributed by atoms with Crippen molar-refractivity contribution in [2.45, 2.75) is 38.5 Å². The lowest BCUT2D eigenvalue weighted by molar-refractivity contribution is -0.138. The minimum absolute atomic E-state index is 0.128. The molecule has 0 atom stereocenters. The SMILES string of the molecule is CC(C)(CC(=O)O)c1ccc(CCCO)cc1. The van der Waals surface area contributed by atoms with E-state index in [4.69, 9.17) is 10.2 Å². The Hall–Kier alpha value is -1.35. The minimum Gasteiger partial charge on any atom is -0.481 e. The van der Waals surface area contributed by atoms with Gasteiger partial charge in [0, 0.05) is 12.0 Å². The van der Waals surface area contributed by atoms with Crippen molar-refractivity contribution in [3.05, 3.63) is 35.4 Å². The number of aliphatic hydroxyl groups is 1. The fourth-order valence-electron chi connectivity index (χ4n) is 1.89. The number of hydrogen-bond acceptors (Lipinski definition) is 2. The molecule has 94 valence electrons. The topological polar surface area (TPSA) is 57.5 Å². The molecule has 0 heterocycles. The number of aryl methyl sites for hydroxylation is 1. The Morgan fingerprint density at radius 1 is 1.24 bits per heavy atom. The summed E-state index contributed by atoms with van der Waals surface area (Å²) in [6.07, 6.45) is 1.75. The molecule has 0 unspecified atom stereocenters. The van der Waals surface area contributed by atoms with Crippen molar-refractivity contribution in [3.8, 4) is 0 Å². The molecule has 0 spiro atoms. The van der Waals surface area contributed by atoms with Gasteiger partial charge >= 0.3 is 5.97 Å². The average molecular weight is 236 g/mol. The van der Waals surface area contributed by atoms with Crippen molar-refractivity contribution in [1.29, 1.82) is 0 Å². The Bertz CT molecular complexity index is 366. The summed E-state index contributed by atoms with van der Waals surface area (Å²) in [4.78, 5) is 10.8. The van der Waals surface area contributed by atoms with Crippen LogP contribution in [-0.2, 0) is 16.6 Å². The zero-order valence-electron chi connectivity index (χ0n) is 10.4. The van der Waals surface area contributed by atoms with Crippen molar-refractivity contribution in [2.75, 3.05) is 6.61 Å². The van der Waals surface area contributed by atoms with E-state index in [0.29, 0.717) is 0 Å². The third kappa shape index (κ3) is 4.19. The predicted octanol–water partition coefficient (Wildman–Crippen LogP) is 2.36. The highest BCUT2D eigenvalue weighted by atomic mass is 16.4. The molecule has 17 heavy (non-hydrogen) atoms. The van der Waals surface area contributed by atoms with Crippen LogP contribution in [0.5, 0.6) is 0 Å². The predicted molar refractivity (Wildman–Crippen MR) is 67.1 cm³/mol. The number of hydrogen-bond donors (Lipinski definition) is 2. The standard InChI is InChI=1S/C14H20O3/c1-14(2,10-13(16)17)12-7-5-11(6-8-12)4-3-9-15/h5-8,15H,3-4,9-10H2,1-2H3,(H,16,17). The molecule has 0 aliphatic carbocycles. The van der Waals surface area contributed by atoms with Crippen LogP contribution < -0.4 is 0 Å². The van der Waals surface area contributed by atoms with Crippen LogP contribution in [0.1, 0.15) is 37.8 Å². The van der Waals surface area contributed by atoms with Crippen molar-refractivity contribution in [3.63, 3.8) is 0 Å². The minimum atomic E-state index is -0.778. The van der Waals surface area contributed by atoms with Crippen molar-refractivity contribution < 1.29 is 15.0 Å². The maximum atomic E-state index is 10.8. The Morgan fingerprint density at radius 2 is 1.82 bits per heavy atom. The number of aliphatic hydroxyl groups excluding tert-OH is 1. The van der Waals surface area contributed by atoms with E-state index < -0.39 is 5.97 Å². The molecule has 2 N–H and O–H groups in total. The molecule has 0 amide bonds. The first-order valence-electron chi connectivity index (χ1n) is 5.88. The Balaban J connectivity index is 2.75. The van der Waals surface area contributed by atoms with Gasteiger partial charge in [-0.3, -0.25) is 4.79 Å². The highest BCUT2D eigenvalue weighted by molar-refractivity contribution is 5.68. The van der Waals surface area contributed by atoms with E-state index >= 15 is 0 Å². The molecule has 0 radical (unpaired) electrons. The molecule has 0 aliphatic rings. The third-order valence-corrected chi connectivity index (χ3v) is 2.95. The van der Waals surface area contributed by atoms with Crippen LogP contribution in [0, 0.1) is 0 Å². The Morgan fingerprint density at radius 3 is 2.29 bits per heavy atom. The smallest absolute Gasteiger partial charge is 0.304 e. The number of aliphatic carboxylic acids is 1. The second kappa shape index (κ2) is 5.82. The molecule has 0 aliphatic heterocycles. The zero-order valence-corrected chi connectivity index (χ0v) is 10.4. The van der Waals surface area contributed by atoms with Gasteiger partial charge in [-0.25, -0.2) is 0 Å². The van der Waals surface area contributed by atoms with Gasteiger partial charge in [-0.05, 0) is 24.0 Å². The van der Waals surface area contributed by atoms with Crippen LogP contribution in [0.2, 0.25) is 0 Å². The van der Waals surface area contributed by atoms with Gasteiger partial charge in [0.2, 0.25) is 0 Å². The fourth-order valence-corrected chi connectivity index (χ4v) is 1.89. The van der Waals surface area contributed by atoms with E-state index in [9.17, 15) is 4.79 Å². The summed E-state index contributed by atoms with van der Waals surface area (Å²) < 4.78 is 0. The summed E-state index contributed by atoms with van der Waals surface area (Å²) in [7, 11) is 0. The molecule has 0 fully saturated rings. The van der Waals surface area contributed by atoms with Crippen LogP contribution >= 0.6 is 0 Å². The highest BCUT2D eigenvalue weighted by Gasteiger charge is 2.23. The maximum Gasteiger partial charge on any atom is 0.304 e. The molecule has 1 aromatic carbocycles. The highest BCUT2D eigenvalue weighted by Crippen LogP contribution is 2.27. The molecule has 0 bridgehead atoms. The van der Waals surface area contributed by atoms with E-state index in [0.717, 1.165) is 18.4 Å². The van der Waals surface area contributed by atoms with Crippen LogP contribution in [0.25, 0.3) is 0 Å². The first kappa shape index (κ1) is 13.7. The Labute approximate surface area is 102 Å². The lowest BCUT2D eigenvalue weighted by Gasteiger charge is -2.23. The third-order valence-electron chi connectivity index (χ3n) is 2.95. The summed E-state index contributed by atoms with van der Waals surface area (Å²) in [5.41, 5.74) is 1.86. The monoisotopic (exact) mass is 236 g/mol. The van der Waals surface area contributed by atoms with Crippen molar-refractivity contribution in [1.82, 2.24) is 0 Å². The summed E-state index contributed by atoms with van der Waals surface area (Å²) in [6.45, 7) is 4.07. The lowest BCUT2D eigenvalue weighted by atomic mass is 9.81. The average Bonchev–Trinajstić information content (AvgIpc) is 2.25. The van der Waals surface area contributed by atoms with Crippen LogP contribution in [0.4, 0.5) is 0 Å². The van der Waals surface area contributed by atoms with Crippen molar-refractivity contribution >= 4 is 5.97 Å². The molecule has 3 nitrogen and oxygen atoms in total. The summed E-state index contributed by atoms with van der Waals surface area (Å²) >= 11 is 0. The van der Waals surface area contributed by atoms with E-state index in [1.807, 2.05) is 38.1 Å². The second-order valence-corrected chi connectivity index (χ2v) is 4.98. The Kier molecular flexibility index (Phi) is 4.70. The second-order valence-electron chi connectivity index (χ2n) is 4.98. The number of benzene rings is 1. The number of carboxylic acids is 1. The van der Waals surface area contributed by atoms with Gasteiger partial charge in [-0.1, -0.05) is 38.1 Å². The first-order chi connectivity index (χ1) is 7.95. The lowest BCUT2D eigenvalue weighted by Crippen LogP contribution is -2.21. The van der Waals surface area contributed by atoms with Gasteiger partial charge in [-0.15, -0.1) is 0 Å². The van der Waals surface area contributed by atoms with E-state index in [2.05, 4.69) is 0 Å². The van der Waals surface area contributed by atoms with Gasteiger partial charge in [0.25, 0.3) is 0 Å². The van der Waals surface area contributed by atoms with Crippen molar-refractivity contribution in [2.24, 2.45) is 0 Å². The molecule has 0 saturated carbocycles. The quantitative estimate of drug-likeness (QED) is 0.797. The fraction of sp³-hybridized carbons (Fsp3) is 0.500. The normalized spacial score (nSPS) is 11.5. The summed E-state index contributed by atoms with van der Waals surface area (Å²) in [5.74, 6) is -0.778. The molecule has 0 saturated heterocycles. The van der Waals surface area contributed by atoms with E-state index in [1.165, 1.54) is 5.56 Å². The molecule has 1 aromatic rings. The van der Waals surface area contributed by atoms with Crippen LogP contribution in [0.3, 0.4) is 0 Å². The first-order valence-corrected chi connectivity index (χ1v) is 5.88. The van der Waals surface area contributed by atoms with Crippen LogP contribution in [-0.4, -0.2) is 22.8 Å². The van der Waals surface area contributed by atoms with Gasteiger partial charge in [0.05, 0.1) is 6.42 Å². The number of carboxylic acid groups (broad SMARTS) is 1. The van der Waals surface area contributed by atoms with E-state index in [1.54, 1.807) is 0 Å². The zero-order chi connectivity index (χ0) is 12.9. The summed E-state index contributed by atoms with van der Waals surface area (Å²) in [5, 5.41) is 17.6. The number of carbonyl (C=O) groups is 1. The largest absolute Gasteiger partial charge is 0.481 e. The molecular weight excluding hydrogens is 216 g/mol. The maximum absolute atomic E-state index is 10.8. The van der Waals surface area contributed by atoms with E-state index in [-0.39, 0.29) is 18.4 Å². The molecule has 0 aromatic heterocycles. The van der Waals surface area contributed by atoms with Gasteiger partial charge < -0.3 is 10.2 Å². The summed E-state index contributed by atoms with van der Waals surface area (Å²) in [6, 6.07) is 7.98. The van der Waals surface area contributed by atoms with Crippen LogP contribution in [0.15, 0.2) is 24.3 Å². The van der Waals surface area contributed by atoms with Gasteiger partial charge in [0.1, 0.15) is 0 Å². The van der Waals surface area contributed by atoms with Gasteiger partial charge in [-0.2, -0.15) is 0 Å². The molecule has 1 rings (SSSR count). The molecule has 3 heteroatoms. The molecular formula is C14H20O3.